The summed E-state index contributed by atoms with van der Waals surface area (Å²) >= 11 is 4.71. The minimum atomic E-state index is -1.06. The Morgan fingerprint density at radius 3 is 2.60 bits per heavy atom. The fourth-order valence-corrected chi connectivity index (χ4v) is 4.44. The predicted molar refractivity (Wildman–Crippen MR) is 119 cm³/mol. The summed E-state index contributed by atoms with van der Waals surface area (Å²) < 4.78 is 2.56. The van der Waals surface area contributed by atoms with Crippen LogP contribution in [-0.4, -0.2) is 38.3 Å². The molecule has 2 N–H and O–H groups in total. The molecular formula is C21H19BrN4O3S. The Hall–Kier alpha value is -2.83. The third-order valence-corrected chi connectivity index (χ3v) is 6.04. The fourth-order valence-electron chi connectivity index (χ4n) is 3.07. The van der Waals surface area contributed by atoms with Crippen molar-refractivity contribution in [2.24, 2.45) is 5.92 Å². The number of nitrogens with zero attached hydrogens (tertiary/aromatic N) is 3. The van der Waals surface area contributed by atoms with Gasteiger partial charge in [-0.05, 0) is 34.0 Å². The monoisotopic (exact) mass is 486 g/mol. The Bertz CT molecular complexity index is 1150. The van der Waals surface area contributed by atoms with Crippen LogP contribution in [0.3, 0.4) is 0 Å². The second-order valence-corrected chi connectivity index (χ2v) is 8.66. The van der Waals surface area contributed by atoms with Crippen molar-refractivity contribution in [3.63, 3.8) is 0 Å². The Morgan fingerprint density at radius 1 is 1.27 bits per heavy atom. The van der Waals surface area contributed by atoms with E-state index in [-0.39, 0.29) is 17.6 Å². The minimum Gasteiger partial charge on any atom is -0.480 e. The van der Waals surface area contributed by atoms with Crippen molar-refractivity contribution in [2.75, 3.05) is 5.75 Å². The lowest BCUT2D eigenvalue weighted by Crippen LogP contribution is -2.45. The van der Waals surface area contributed by atoms with Gasteiger partial charge in [0.25, 0.3) is 0 Å². The number of hydrogen-bond donors (Lipinski definition) is 2. The third-order valence-electron chi connectivity index (χ3n) is 4.53. The molecule has 1 heterocycles. The van der Waals surface area contributed by atoms with Crippen LogP contribution in [0.5, 0.6) is 0 Å². The molecular weight excluding hydrogens is 468 g/mol. The fraction of sp³-hybridized carbons (Fsp3) is 0.238. The number of benzene rings is 2. The maximum Gasteiger partial charge on any atom is 0.326 e. The van der Waals surface area contributed by atoms with Crippen LogP contribution in [-0.2, 0) is 9.59 Å². The van der Waals surface area contributed by atoms with Gasteiger partial charge in [0.2, 0.25) is 5.91 Å². The summed E-state index contributed by atoms with van der Waals surface area (Å²) in [6, 6.07) is 12.5. The molecule has 1 unspecified atom stereocenters. The summed E-state index contributed by atoms with van der Waals surface area (Å²) in [6.07, 6.45) is 1.64. The number of fused-ring (bicyclic) bond motifs is 1. The van der Waals surface area contributed by atoms with E-state index in [0.717, 1.165) is 16.5 Å². The van der Waals surface area contributed by atoms with Crippen molar-refractivity contribution in [1.82, 2.24) is 14.9 Å². The van der Waals surface area contributed by atoms with Crippen molar-refractivity contribution in [1.29, 1.82) is 5.26 Å². The topological polar surface area (TPSA) is 108 Å². The van der Waals surface area contributed by atoms with Crippen molar-refractivity contribution >= 4 is 50.3 Å². The van der Waals surface area contributed by atoms with Crippen molar-refractivity contribution in [3.8, 4) is 11.8 Å². The summed E-state index contributed by atoms with van der Waals surface area (Å²) in [7, 11) is 0. The zero-order chi connectivity index (χ0) is 21.8. The van der Waals surface area contributed by atoms with Crippen LogP contribution in [0.4, 0.5) is 0 Å². The number of halogens is 1. The largest absolute Gasteiger partial charge is 0.480 e. The van der Waals surface area contributed by atoms with Crippen molar-refractivity contribution < 1.29 is 14.7 Å². The maximum atomic E-state index is 12.3. The van der Waals surface area contributed by atoms with Gasteiger partial charge < -0.3 is 10.4 Å². The number of amides is 1. The number of carbonyl (C=O) groups is 2. The first-order chi connectivity index (χ1) is 14.3. The number of thioether (sulfide) groups is 1. The first-order valence-corrected chi connectivity index (χ1v) is 10.9. The summed E-state index contributed by atoms with van der Waals surface area (Å²) in [5.41, 5.74) is 1.40. The second kappa shape index (κ2) is 9.32. The Morgan fingerprint density at radius 2 is 1.97 bits per heavy atom. The van der Waals surface area contributed by atoms with Gasteiger partial charge >= 0.3 is 5.97 Å². The summed E-state index contributed by atoms with van der Waals surface area (Å²) in [5, 5.41) is 23.5. The molecule has 1 aromatic heterocycles. The number of carbonyl (C=O) groups excluding carboxylic acids is 1. The average Bonchev–Trinajstić information content (AvgIpc) is 3.09. The van der Waals surface area contributed by atoms with Crippen LogP contribution < -0.4 is 5.32 Å². The lowest BCUT2D eigenvalue weighted by Gasteiger charge is -2.18. The molecule has 0 aliphatic rings. The van der Waals surface area contributed by atoms with Gasteiger partial charge in [0.1, 0.15) is 10.6 Å². The SMILES string of the molecule is CC(C)C(NC(=O)CSc1ncc(Br)n1-c1ccc(C#N)c2ccccc12)C(=O)O. The molecule has 0 bridgehead atoms. The highest BCUT2D eigenvalue weighted by Crippen LogP contribution is 2.32. The second-order valence-electron chi connectivity index (χ2n) is 6.90. The molecule has 0 aliphatic heterocycles. The number of aromatic nitrogens is 2. The number of rotatable bonds is 7. The molecule has 0 fully saturated rings. The van der Waals surface area contributed by atoms with E-state index < -0.39 is 12.0 Å². The van der Waals surface area contributed by atoms with E-state index in [1.54, 1.807) is 26.1 Å². The van der Waals surface area contributed by atoms with Gasteiger partial charge in [-0.15, -0.1) is 0 Å². The zero-order valence-corrected chi connectivity index (χ0v) is 18.7. The Labute approximate surface area is 186 Å². The van der Waals surface area contributed by atoms with Gasteiger partial charge in [0, 0.05) is 10.8 Å². The number of hydrogen-bond acceptors (Lipinski definition) is 5. The molecule has 0 radical (unpaired) electrons. The molecule has 2 aromatic carbocycles. The van der Waals surface area contributed by atoms with Crippen molar-refractivity contribution in [2.45, 2.75) is 25.0 Å². The standard InChI is InChI=1S/C21H19BrN4O3S/c1-12(2)19(20(28)29)25-18(27)11-30-21-24-10-17(22)26(21)16-8-7-13(9-23)14-5-3-4-6-15(14)16/h3-8,10,12,19H,11H2,1-2H3,(H,25,27)(H,28,29). The molecule has 9 heteroatoms. The normalized spacial score (nSPS) is 12.0. The summed E-state index contributed by atoms with van der Waals surface area (Å²) in [6.45, 7) is 3.48. The van der Waals surface area contributed by atoms with E-state index in [9.17, 15) is 20.0 Å². The maximum absolute atomic E-state index is 12.3. The number of carboxylic acid groups (broad SMARTS) is 1. The summed E-state index contributed by atoms with van der Waals surface area (Å²) in [5.74, 6) is -1.64. The van der Waals surface area contributed by atoms with Gasteiger partial charge in [-0.3, -0.25) is 9.36 Å². The Kier molecular flexibility index (Phi) is 6.80. The molecule has 30 heavy (non-hydrogen) atoms. The van der Waals surface area contributed by atoms with Crippen LogP contribution in [0.2, 0.25) is 0 Å². The van der Waals surface area contributed by atoms with E-state index in [0.29, 0.717) is 15.3 Å². The average molecular weight is 487 g/mol. The Balaban J connectivity index is 1.89. The van der Waals surface area contributed by atoms with Gasteiger partial charge in [-0.1, -0.05) is 49.9 Å². The predicted octanol–water partition coefficient (Wildman–Crippen LogP) is 3.98. The highest BCUT2D eigenvalue weighted by molar-refractivity contribution is 9.10. The van der Waals surface area contributed by atoms with Crippen LogP contribution in [0, 0.1) is 17.2 Å². The number of carboxylic acids is 1. The molecule has 0 aliphatic carbocycles. The van der Waals surface area contributed by atoms with E-state index in [2.05, 4.69) is 32.3 Å². The number of nitrogens with one attached hydrogen (secondary N) is 1. The highest BCUT2D eigenvalue weighted by atomic mass is 79.9. The van der Waals surface area contributed by atoms with Gasteiger partial charge in [-0.25, -0.2) is 9.78 Å². The summed E-state index contributed by atoms with van der Waals surface area (Å²) in [4.78, 5) is 28.0. The highest BCUT2D eigenvalue weighted by Gasteiger charge is 2.24. The third kappa shape index (κ3) is 4.50. The van der Waals surface area contributed by atoms with Gasteiger partial charge in [-0.2, -0.15) is 5.26 Å². The smallest absolute Gasteiger partial charge is 0.326 e. The number of nitriles is 1. The lowest BCUT2D eigenvalue weighted by atomic mass is 10.0. The van der Waals surface area contributed by atoms with Gasteiger partial charge in [0.05, 0.1) is 29.3 Å². The van der Waals surface area contributed by atoms with Crippen LogP contribution in [0.15, 0.2) is 52.4 Å². The van der Waals surface area contributed by atoms with E-state index in [1.165, 1.54) is 11.8 Å². The van der Waals surface area contributed by atoms with Gasteiger partial charge in [0.15, 0.2) is 5.16 Å². The lowest BCUT2D eigenvalue weighted by molar-refractivity contribution is -0.142. The molecule has 0 spiro atoms. The molecule has 1 atom stereocenters. The van der Waals surface area contributed by atoms with E-state index >= 15 is 0 Å². The van der Waals surface area contributed by atoms with Crippen LogP contribution in [0.1, 0.15) is 19.4 Å². The van der Waals surface area contributed by atoms with E-state index in [4.69, 9.17) is 0 Å². The number of imidazole rings is 1. The molecule has 3 aromatic rings. The molecule has 3 rings (SSSR count). The van der Waals surface area contributed by atoms with E-state index in [1.807, 2.05) is 34.9 Å². The first-order valence-electron chi connectivity index (χ1n) is 9.14. The molecule has 0 saturated heterocycles. The minimum absolute atomic E-state index is 0.0220. The molecule has 0 saturated carbocycles. The first kappa shape index (κ1) is 21.9. The van der Waals surface area contributed by atoms with Crippen LogP contribution >= 0.6 is 27.7 Å². The van der Waals surface area contributed by atoms with Crippen LogP contribution in [0.25, 0.3) is 16.5 Å². The van der Waals surface area contributed by atoms with Crippen molar-refractivity contribution in [3.05, 3.63) is 52.8 Å². The molecule has 1 amide bonds. The zero-order valence-electron chi connectivity index (χ0n) is 16.3. The number of aliphatic carboxylic acids is 1. The molecule has 154 valence electrons. The quantitative estimate of drug-likeness (QED) is 0.489. The molecule has 7 nitrogen and oxygen atoms in total.